The fourth-order valence-electron chi connectivity index (χ4n) is 1.87. The molecule has 0 amide bonds. The predicted molar refractivity (Wildman–Crippen MR) is 79.1 cm³/mol. The van der Waals surface area contributed by atoms with Crippen LogP contribution in [-0.2, 0) is 0 Å². The fourth-order valence-corrected chi connectivity index (χ4v) is 1.87. The molecule has 0 aliphatic rings. The first kappa shape index (κ1) is 14.8. The average Bonchev–Trinajstić information content (AvgIpc) is 2.43. The Hall–Kier alpha value is -1.28. The highest BCUT2D eigenvalue weighted by atomic mass is 16.5. The Kier molecular flexibility index (Phi) is 7.19. The number of benzene rings is 1. The summed E-state index contributed by atoms with van der Waals surface area (Å²) in [6, 6.07) is 8.05. The number of ether oxygens (including phenoxy) is 1. The lowest BCUT2D eigenvalue weighted by molar-refractivity contribution is 0.266. The number of unbranched alkanes of at least 4 members (excludes halogenated alkanes) is 1. The molecule has 100 valence electrons. The SMILES string of the molecule is C=Cc1ccc(OCCCCN(CC)CC)cc1. The van der Waals surface area contributed by atoms with E-state index in [-0.39, 0.29) is 0 Å². The highest BCUT2D eigenvalue weighted by Crippen LogP contribution is 2.13. The van der Waals surface area contributed by atoms with Crippen molar-refractivity contribution in [2.24, 2.45) is 0 Å². The molecule has 1 aromatic carbocycles. The van der Waals surface area contributed by atoms with Crippen LogP contribution >= 0.6 is 0 Å². The fraction of sp³-hybridized carbons (Fsp3) is 0.500. The van der Waals surface area contributed by atoms with Crippen LogP contribution in [0.2, 0.25) is 0 Å². The zero-order valence-corrected chi connectivity index (χ0v) is 11.7. The molecule has 1 aromatic rings. The lowest BCUT2D eigenvalue weighted by Crippen LogP contribution is -2.24. The van der Waals surface area contributed by atoms with Crippen molar-refractivity contribution in [3.05, 3.63) is 36.4 Å². The molecule has 0 aliphatic carbocycles. The van der Waals surface area contributed by atoms with Gasteiger partial charge in [0.25, 0.3) is 0 Å². The van der Waals surface area contributed by atoms with E-state index in [1.165, 1.54) is 13.0 Å². The maximum absolute atomic E-state index is 5.70. The van der Waals surface area contributed by atoms with Crippen LogP contribution in [0.1, 0.15) is 32.3 Å². The van der Waals surface area contributed by atoms with Gasteiger partial charge in [0.15, 0.2) is 0 Å². The second kappa shape index (κ2) is 8.76. The van der Waals surface area contributed by atoms with Crippen molar-refractivity contribution >= 4 is 6.08 Å². The number of rotatable bonds is 9. The van der Waals surface area contributed by atoms with Crippen molar-refractivity contribution in [3.8, 4) is 5.75 Å². The highest BCUT2D eigenvalue weighted by molar-refractivity contribution is 5.48. The Bertz CT molecular complexity index is 327. The van der Waals surface area contributed by atoms with Crippen molar-refractivity contribution in [2.75, 3.05) is 26.2 Å². The van der Waals surface area contributed by atoms with Gasteiger partial charge in [0.2, 0.25) is 0 Å². The minimum Gasteiger partial charge on any atom is -0.494 e. The molecular formula is C16H25NO. The zero-order chi connectivity index (χ0) is 13.2. The summed E-state index contributed by atoms with van der Waals surface area (Å²) >= 11 is 0. The van der Waals surface area contributed by atoms with Crippen LogP contribution in [0.3, 0.4) is 0 Å². The Labute approximate surface area is 111 Å². The lowest BCUT2D eigenvalue weighted by Gasteiger charge is -2.17. The Morgan fingerprint density at radius 3 is 2.33 bits per heavy atom. The topological polar surface area (TPSA) is 12.5 Å². The van der Waals surface area contributed by atoms with E-state index in [2.05, 4.69) is 25.3 Å². The summed E-state index contributed by atoms with van der Waals surface area (Å²) in [6.45, 7) is 12.4. The van der Waals surface area contributed by atoms with Crippen LogP contribution in [0, 0.1) is 0 Å². The maximum Gasteiger partial charge on any atom is 0.119 e. The van der Waals surface area contributed by atoms with Gasteiger partial charge in [-0.05, 0) is 50.2 Å². The third-order valence-electron chi connectivity index (χ3n) is 3.15. The van der Waals surface area contributed by atoms with E-state index in [1.807, 2.05) is 30.3 Å². The van der Waals surface area contributed by atoms with Gasteiger partial charge in [0.1, 0.15) is 5.75 Å². The summed E-state index contributed by atoms with van der Waals surface area (Å²) in [5.41, 5.74) is 1.13. The lowest BCUT2D eigenvalue weighted by atomic mass is 10.2. The second-order valence-corrected chi connectivity index (χ2v) is 4.36. The standard InChI is InChI=1S/C16H25NO/c1-4-15-9-11-16(12-10-15)18-14-8-7-13-17(5-2)6-3/h4,9-12H,1,5-8,13-14H2,2-3H3. The molecule has 1 rings (SSSR count). The predicted octanol–water partition coefficient (Wildman–Crippen LogP) is 3.83. The molecule has 0 saturated heterocycles. The molecule has 0 unspecified atom stereocenters. The summed E-state index contributed by atoms with van der Waals surface area (Å²) in [7, 11) is 0. The van der Waals surface area contributed by atoms with Gasteiger partial charge < -0.3 is 9.64 Å². The Balaban J connectivity index is 2.15. The van der Waals surface area contributed by atoms with Crippen LogP contribution in [-0.4, -0.2) is 31.1 Å². The summed E-state index contributed by atoms with van der Waals surface area (Å²) in [4.78, 5) is 2.44. The van der Waals surface area contributed by atoms with E-state index in [0.29, 0.717) is 0 Å². The monoisotopic (exact) mass is 247 g/mol. The molecule has 0 bridgehead atoms. The van der Waals surface area contributed by atoms with Crippen molar-refractivity contribution in [1.82, 2.24) is 4.90 Å². The average molecular weight is 247 g/mol. The van der Waals surface area contributed by atoms with Gasteiger partial charge in [0.05, 0.1) is 6.61 Å². The van der Waals surface area contributed by atoms with Gasteiger partial charge in [-0.15, -0.1) is 0 Å². The van der Waals surface area contributed by atoms with Crippen LogP contribution in [0.5, 0.6) is 5.75 Å². The summed E-state index contributed by atoms with van der Waals surface area (Å²) in [5.74, 6) is 0.948. The molecule has 2 heteroatoms. The van der Waals surface area contributed by atoms with Gasteiger partial charge in [-0.25, -0.2) is 0 Å². The maximum atomic E-state index is 5.70. The third kappa shape index (κ3) is 5.37. The van der Waals surface area contributed by atoms with E-state index >= 15 is 0 Å². The molecule has 0 saturated carbocycles. The first-order chi connectivity index (χ1) is 8.80. The minimum atomic E-state index is 0.800. The van der Waals surface area contributed by atoms with E-state index < -0.39 is 0 Å². The Morgan fingerprint density at radius 1 is 1.11 bits per heavy atom. The van der Waals surface area contributed by atoms with Gasteiger partial charge >= 0.3 is 0 Å². The van der Waals surface area contributed by atoms with E-state index in [9.17, 15) is 0 Å². The highest BCUT2D eigenvalue weighted by Gasteiger charge is 1.98. The number of hydrogen-bond donors (Lipinski definition) is 0. The van der Waals surface area contributed by atoms with Crippen LogP contribution in [0.25, 0.3) is 6.08 Å². The first-order valence-electron chi connectivity index (χ1n) is 6.87. The van der Waals surface area contributed by atoms with Crippen LogP contribution < -0.4 is 4.74 Å². The molecule has 0 radical (unpaired) electrons. The van der Waals surface area contributed by atoms with Crippen molar-refractivity contribution in [2.45, 2.75) is 26.7 Å². The normalized spacial score (nSPS) is 10.6. The summed E-state index contributed by atoms with van der Waals surface area (Å²) in [6.07, 6.45) is 4.15. The van der Waals surface area contributed by atoms with E-state index in [0.717, 1.165) is 37.4 Å². The summed E-state index contributed by atoms with van der Waals surface area (Å²) in [5, 5.41) is 0. The molecule has 2 nitrogen and oxygen atoms in total. The van der Waals surface area contributed by atoms with E-state index in [1.54, 1.807) is 0 Å². The molecular weight excluding hydrogens is 222 g/mol. The number of hydrogen-bond acceptors (Lipinski definition) is 2. The molecule has 18 heavy (non-hydrogen) atoms. The molecule has 0 fully saturated rings. The second-order valence-electron chi connectivity index (χ2n) is 4.36. The third-order valence-corrected chi connectivity index (χ3v) is 3.15. The van der Waals surface area contributed by atoms with E-state index in [4.69, 9.17) is 4.74 Å². The van der Waals surface area contributed by atoms with Crippen molar-refractivity contribution < 1.29 is 4.74 Å². The first-order valence-corrected chi connectivity index (χ1v) is 6.87. The molecule has 0 spiro atoms. The minimum absolute atomic E-state index is 0.800. The number of nitrogens with zero attached hydrogens (tertiary/aromatic N) is 1. The molecule has 0 aromatic heterocycles. The van der Waals surface area contributed by atoms with Gasteiger partial charge in [0, 0.05) is 0 Å². The van der Waals surface area contributed by atoms with Gasteiger partial charge in [-0.3, -0.25) is 0 Å². The zero-order valence-electron chi connectivity index (χ0n) is 11.7. The summed E-state index contributed by atoms with van der Waals surface area (Å²) < 4.78 is 5.70. The molecule has 0 aliphatic heterocycles. The smallest absolute Gasteiger partial charge is 0.119 e. The largest absolute Gasteiger partial charge is 0.494 e. The van der Waals surface area contributed by atoms with Crippen LogP contribution in [0.15, 0.2) is 30.8 Å². The molecule has 0 N–H and O–H groups in total. The van der Waals surface area contributed by atoms with Gasteiger partial charge in [-0.1, -0.05) is 38.6 Å². The molecule has 0 heterocycles. The van der Waals surface area contributed by atoms with Crippen LogP contribution in [0.4, 0.5) is 0 Å². The van der Waals surface area contributed by atoms with Gasteiger partial charge in [-0.2, -0.15) is 0 Å². The quantitative estimate of drug-likeness (QED) is 0.615. The van der Waals surface area contributed by atoms with Crippen molar-refractivity contribution in [3.63, 3.8) is 0 Å². The van der Waals surface area contributed by atoms with Crippen molar-refractivity contribution in [1.29, 1.82) is 0 Å². The molecule has 0 atom stereocenters. The Morgan fingerprint density at radius 2 is 1.78 bits per heavy atom.